The van der Waals surface area contributed by atoms with Crippen LogP contribution in [0.4, 0.5) is 0 Å². The number of amides is 1. The van der Waals surface area contributed by atoms with Gasteiger partial charge in [0.05, 0.1) is 0 Å². The predicted molar refractivity (Wildman–Crippen MR) is 106 cm³/mol. The van der Waals surface area contributed by atoms with Gasteiger partial charge in [-0.2, -0.15) is 0 Å². The monoisotopic (exact) mass is 352 g/mol. The molecule has 0 aliphatic heterocycles. The molecule has 0 atom stereocenters. The molecule has 3 aromatic rings. The van der Waals surface area contributed by atoms with Crippen molar-refractivity contribution < 1.29 is 9.21 Å². The van der Waals surface area contributed by atoms with Gasteiger partial charge in [0, 0.05) is 25.4 Å². The van der Waals surface area contributed by atoms with E-state index in [4.69, 9.17) is 4.42 Å². The Morgan fingerprint density at radius 1 is 1.00 bits per heavy atom. The number of hydrogen-bond acceptors (Lipinski definition) is 3. The van der Waals surface area contributed by atoms with Gasteiger partial charge >= 0.3 is 0 Å². The van der Waals surface area contributed by atoms with E-state index < -0.39 is 0 Å². The smallest absolute Gasteiger partial charge is 0.225 e. The van der Waals surface area contributed by atoms with Crippen LogP contribution in [0.15, 0.2) is 59.0 Å². The molecule has 3 rings (SSSR count). The van der Waals surface area contributed by atoms with Crippen LogP contribution >= 0.6 is 0 Å². The fourth-order valence-corrected chi connectivity index (χ4v) is 2.51. The Hall–Kier alpha value is -2.62. The number of rotatable bonds is 4. The van der Waals surface area contributed by atoms with Crippen molar-refractivity contribution in [1.29, 1.82) is 0 Å². The van der Waals surface area contributed by atoms with Crippen LogP contribution in [0.3, 0.4) is 0 Å². The molecular weight excluding hydrogens is 324 g/mol. The molecule has 2 aromatic carbocycles. The Labute approximate surface area is 155 Å². The molecule has 1 amide bonds. The average molecular weight is 352 g/mol. The molecule has 0 N–H and O–H groups in total. The Morgan fingerprint density at radius 2 is 1.62 bits per heavy atom. The minimum atomic E-state index is 0.0729. The van der Waals surface area contributed by atoms with E-state index in [0.717, 1.165) is 17.0 Å². The maximum Gasteiger partial charge on any atom is 0.225 e. The fraction of sp³-hybridized carbons (Fsp3) is 0.364. The highest BCUT2D eigenvalue weighted by atomic mass is 16.3. The van der Waals surface area contributed by atoms with Crippen molar-refractivity contribution in [3.63, 3.8) is 0 Å². The van der Waals surface area contributed by atoms with Gasteiger partial charge in [0.25, 0.3) is 0 Å². The highest BCUT2D eigenvalue weighted by Crippen LogP contribution is 2.20. The van der Waals surface area contributed by atoms with E-state index in [1.54, 1.807) is 4.90 Å². The number of carbonyl (C=O) groups is 1. The third-order valence-electron chi connectivity index (χ3n) is 3.94. The van der Waals surface area contributed by atoms with Crippen LogP contribution in [-0.4, -0.2) is 22.8 Å². The van der Waals surface area contributed by atoms with E-state index in [9.17, 15) is 4.79 Å². The molecule has 138 valence electrons. The van der Waals surface area contributed by atoms with Gasteiger partial charge in [0.15, 0.2) is 11.5 Å². The number of para-hydroxylation sites is 2. The van der Waals surface area contributed by atoms with Gasteiger partial charge in [-0.3, -0.25) is 4.79 Å². The largest absolute Gasteiger partial charge is 0.440 e. The Morgan fingerprint density at radius 3 is 2.19 bits per heavy atom. The highest BCUT2D eigenvalue weighted by Gasteiger charge is 2.12. The number of nitrogens with zero attached hydrogens (tertiary/aromatic N) is 2. The molecule has 4 nitrogen and oxygen atoms in total. The molecule has 0 unspecified atom stereocenters. The van der Waals surface area contributed by atoms with E-state index in [1.165, 1.54) is 5.56 Å². The van der Waals surface area contributed by atoms with Crippen LogP contribution in [-0.2, 0) is 11.3 Å². The summed E-state index contributed by atoms with van der Waals surface area (Å²) in [6, 6.07) is 17.8. The first-order valence-corrected chi connectivity index (χ1v) is 9.02. The van der Waals surface area contributed by atoms with Crippen molar-refractivity contribution in [3.05, 3.63) is 66.1 Å². The summed E-state index contributed by atoms with van der Waals surface area (Å²) in [5.41, 5.74) is 2.99. The molecule has 0 bridgehead atoms. The van der Waals surface area contributed by atoms with Gasteiger partial charge in [-0.25, -0.2) is 4.98 Å². The zero-order valence-electron chi connectivity index (χ0n) is 16.3. The Kier molecular flexibility index (Phi) is 6.96. The van der Waals surface area contributed by atoms with Gasteiger partial charge in [-0.15, -0.1) is 0 Å². The summed E-state index contributed by atoms with van der Waals surface area (Å²) < 4.78 is 5.52. The first kappa shape index (κ1) is 19.7. The topological polar surface area (TPSA) is 46.3 Å². The molecule has 0 fully saturated rings. The second-order valence-electron chi connectivity index (χ2n) is 7.01. The molecule has 4 heteroatoms. The van der Waals surface area contributed by atoms with Crippen molar-refractivity contribution in [1.82, 2.24) is 9.88 Å². The molecule has 1 heterocycles. The minimum absolute atomic E-state index is 0.0729. The van der Waals surface area contributed by atoms with Crippen molar-refractivity contribution in [2.24, 2.45) is 5.92 Å². The second kappa shape index (κ2) is 9.18. The maximum atomic E-state index is 11.6. The quantitative estimate of drug-likeness (QED) is 0.644. The molecule has 26 heavy (non-hydrogen) atoms. The van der Waals surface area contributed by atoms with Gasteiger partial charge in [-0.1, -0.05) is 70.2 Å². The average Bonchev–Trinajstić information content (AvgIpc) is 3.07. The highest BCUT2D eigenvalue weighted by molar-refractivity contribution is 5.77. The molecule has 1 aromatic heterocycles. The zero-order chi connectivity index (χ0) is 19.1. The van der Waals surface area contributed by atoms with Gasteiger partial charge in [-0.05, 0) is 17.7 Å². The zero-order valence-corrected chi connectivity index (χ0v) is 16.3. The summed E-state index contributed by atoms with van der Waals surface area (Å²) in [6.07, 6.45) is 0. The summed E-state index contributed by atoms with van der Waals surface area (Å²) in [6.45, 7) is 8.68. The van der Waals surface area contributed by atoms with Crippen molar-refractivity contribution in [2.75, 3.05) is 7.05 Å². The first-order valence-electron chi connectivity index (χ1n) is 9.02. The standard InChI is InChI=1S/C12H17NO.C10H11NO/c1-10(2)12(14)13(3)9-11-7-5-4-6-8-11;1-7(2)10-11-8-5-3-4-6-9(8)12-10/h4-8,10H,9H2,1-3H3;3-7H,1-2H3. The van der Waals surface area contributed by atoms with Crippen LogP contribution < -0.4 is 0 Å². The number of fused-ring (bicyclic) bond motifs is 1. The Balaban J connectivity index is 0.000000189. The lowest BCUT2D eigenvalue weighted by atomic mass is 10.1. The normalized spacial score (nSPS) is 10.7. The van der Waals surface area contributed by atoms with Crippen molar-refractivity contribution in [2.45, 2.75) is 40.2 Å². The summed E-state index contributed by atoms with van der Waals surface area (Å²) in [5, 5.41) is 0. The third kappa shape index (κ3) is 5.45. The van der Waals surface area contributed by atoms with Gasteiger partial charge < -0.3 is 9.32 Å². The number of oxazole rings is 1. The number of carbonyl (C=O) groups excluding carboxylic acids is 1. The van der Waals surface area contributed by atoms with Crippen LogP contribution in [0.25, 0.3) is 11.1 Å². The first-order chi connectivity index (χ1) is 12.4. The number of benzene rings is 2. The SMILES string of the molecule is CC(C)C(=O)N(C)Cc1ccccc1.CC(C)c1nc2ccccc2o1. The molecule has 0 aliphatic carbocycles. The third-order valence-corrected chi connectivity index (χ3v) is 3.94. The molecule has 0 spiro atoms. The summed E-state index contributed by atoms with van der Waals surface area (Å²) >= 11 is 0. The molecule has 0 radical (unpaired) electrons. The van der Waals surface area contributed by atoms with Gasteiger partial charge in [0.1, 0.15) is 5.52 Å². The molecule has 0 aliphatic rings. The van der Waals surface area contributed by atoms with E-state index >= 15 is 0 Å². The Bertz CT molecular complexity index is 789. The number of hydrogen-bond donors (Lipinski definition) is 0. The van der Waals surface area contributed by atoms with Crippen molar-refractivity contribution in [3.8, 4) is 0 Å². The molecule has 0 saturated carbocycles. The number of aromatic nitrogens is 1. The van der Waals surface area contributed by atoms with Crippen LogP contribution in [0.1, 0.15) is 45.1 Å². The van der Waals surface area contributed by atoms with Crippen LogP contribution in [0, 0.1) is 5.92 Å². The molecule has 0 saturated heterocycles. The molecular formula is C22H28N2O2. The van der Waals surface area contributed by atoms with Gasteiger partial charge in [0.2, 0.25) is 5.91 Å². The fourth-order valence-electron chi connectivity index (χ4n) is 2.51. The van der Waals surface area contributed by atoms with E-state index in [-0.39, 0.29) is 11.8 Å². The lowest BCUT2D eigenvalue weighted by Crippen LogP contribution is -2.29. The lowest BCUT2D eigenvalue weighted by molar-refractivity contribution is -0.133. The predicted octanol–water partition coefficient (Wildman–Crippen LogP) is 5.25. The summed E-state index contributed by atoms with van der Waals surface area (Å²) in [4.78, 5) is 17.7. The summed E-state index contributed by atoms with van der Waals surface area (Å²) in [7, 11) is 1.84. The van der Waals surface area contributed by atoms with E-state index in [0.29, 0.717) is 12.5 Å². The van der Waals surface area contributed by atoms with Crippen molar-refractivity contribution >= 4 is 17.0 Å². The second-order valence-corrected chi connectivity index (χ2v) is 7.01. The van der Waals surface area contributed by atoms with E-state index in [2.05, 4.69) is 18.8 Å². The summed E-state index contributed by atoms with van der Waals surface area (Å²) in [5.74, 6) is 1.44. The maximum absolute atomic E-state index is 11.6. The van der Waals surface area contributed by atoms with Crippen LogP contribution in [0.2, 0.25) is 0 Å². The van der Waals surface area contributed by atoms with E-state index in [1.807, 2.05) is 75.5 Å². The minimum Gasteiger partial charge on any atom is -0.440 e. The van der Waals surface area contributed by atoms with Crippen LogP contribution in [0.5, 0.6) is 0 Å². The lowest BCUT2D eigenvalue weighted by Gasteiger charge is -2.19.